The van der Waals surface area contributed by atoms with Gasteiger partial charge in [0, 0.05) is 12.3 Å². The van der Waals surface area contributed by atoms with E-state index in [1.54, 1.807) is 11.3 Å². The third-order valence-corrected chi connectivity index (χ3v) is 8.12. The van der Waals surface area contributed by atoms with Gasteiger partial charge in [-0.05, 0) is 86.0 Å². The molecule has 2 aromatic heterocycles. The number of hydrogen-bond acceptors (Lipinski definition) is 5. The van der Waals surface area contributed by atoms with Gasteiger partial charge in [-0.25, -0.2) is 0 Å². The van der Waals surface area contributed by atoms with Crippen LogP contribution in [0, 0.1) is 23.2 Å². The molecule has 1 N–H and O–H groups in total. The summed E-state index contributed by atoms with van der Waals surface area (Å²) in [6.07, 6.45) is 11.0. The van der Waals surface area contributed by atoms with E-state index in [0.717, 1.165) is 47.0 Å². The average molecular weight is 384 g/mol. The number of thiophene rings is 1. The summed E-state index contributed by atoms with van der Waals surface area (Å²) in [7, 11) is 0. The second kappa shape index (κ2) is 5.90. The number of carbonyl (C=O) groups is 1. The number of nitrogens with zero attached hydrogens (tertiary/aromatic N) is 2. The van der Waals surface area contributed by atoms with Crippen molar-refractivity contribution in [1.82, 2.24) is 10.1 Å². The monoisotopic (exact) mass is 383 g/mol. The number of aromatic nitrogens is 2. The topological polar surface area (TPSA) is 68.0 Å². The maximum atomic E-state index is 12.9. The maximum absolute atomic E-state index is 12.9. The molecule has 7 rings (SSSR count). The van der Waals surface area contributed by atoms with Gasteiger partial charge in [-0.2, -0.15) is 4.98 Å². The summed E-state index contributed by atoms with van der Waals surface area (Å²) >= 11 is 1.55. The lowest BCUT2D eigenvalue weighted by Crippen LogP contribution is -2.47. The zero-order chi connectivity index (χ0) is 18.0. The predicted molar refractivity (Wildman–Crippen MR) is 103 cm³/mol. The lowest BCUT2D eigenvalue weighted by atomic mass is 9.49. The third kappa shape index (κ3) is 2.93. The van der Waals surface area contributed by atoms with Crippen LogP contribution in [0.25, 0.3) is 10.8 Å². The molecule has 2 heterocycles. The Balaban J connectivity index is 1.18. The average Bonchev–Trinajstić information content (AvgIpc) is 3.16. The second-order valence-electron chi connectivity index (χ2n) is 9.54. The van der Waals surface area contributed by atoms with E-state index in [1.807, 2.05) is 11.4 Å². The van der Waals surface area contributed by atoms with Crippen molar-refractivity contribution in [2.75, 3.05) is 5.32 Å². The fourth-order valence-corrected chi connectivity index (χ4v) is 7.22. The molecule has 5 aliphatic rings. The van der Waals surface area contributed by atoms with Crippen LogP contribution in [0.5, 0.6) is 0 Å². The molecule has 0 spiro atoms. The molecule has 5 fully saturated rings. The highest BCUT2D eigenvalue weighted by atomic mass is 32.1. The molecule has 5 nitrogen and oxygen atoms in total. The van der Waals surface area contributed by atoms with Crippen molar-refractivity contribution < 1.29 is 9.32 Å². The Morgan fingerprint density at radius 1 is 1.19 bits per heavy atom. The van der Waals surface area contributed by atoms with E-state index in [-0.39, 0.29) is 11.3 Å². The Morgan fingerprint density at radius 3 is 2.56 bits per heavy atom. The minimum absolute atomic E-state index is 0.151. The van der Waals surface area contributed by atoms with E-state index in [9.17, 15) is 4.79 Å². The Hall–Kier alpha value is -1.69. The van der Waals surface area contributed by atoms with Gasteiger partial charge in [-0.15, -0.1) is 11.3 Å². The quantitative estimate of drug-likeness (QED) is 0.768. The lowest BCUT2D eigenvalue weighted by molar-refractivity contribution is -0.124. The summed E-state index contributed by atoms with van der Waals surface area (Å²) in [5.74, 6) is 4.59. The van der Waals surface area contributed by atoms with Crippen LogP contribution in [0.3, 0.4) is 0 Å². The summed E-state index contributed by atoms with van der Waals surface area (Å²) < 4.78 is 5.46. The standard InChI is InChI=1S/C21H25N3O2S/c25-17(11-21-8-12-5-13(9-21)7-14(6-12)10-21)22-16-3-4-27-18(16)20-23-19(24-26-20)15-1-2-15/h3-4,12-15H,1-2,5-11H2,(H,22,25). The molecule has 0 unspecified atom stereocenters. The highest BCUT2D eigenvalue weighted by Gasteiger charge is 2.51. The van der Waals surface area contributed by atoms with Crippen molar-refractivity contribution in [3.63, 3.8) is 0 Å². The first-order chi connectivity index (χ1) is 13.2. The van der Waals surface area contributed by atoms with Crippen LogP contribution < -0.4 is 5.32 Å². The van der Waals surface area contributed by atoms with Gasteiger partial charge in [-0.3, -0.25) is 4.79 Å². The molecule has 6 heteroatoms. The van der Waals surface area contributed by atoms with E-state index >= 15 is 0 Å². The van der Waals surface area contributed by atoms with Crippen LogP contribution in [-0.4, -0.2) is 16.0 Å². The van der Waals surface area contributed by atoms with Crippen molar-refractivity contribution in [2.24, 2.45) is 23.2 Å². The normalized spacial score (nSPS) is 34.1. The molecule has 4 bridgehead atoms. The first-order valence-electron chi connectivity index (χ1n) is 10.4. The SMILES string of the molecule is O=C(CC12CC3CC(CC(C3)C1)C2)Nc1ccsc1-c1nc(C2CC2)no1. The van der Waals surface area contributed by atoms with Crippen LogP contribution in [0.4, 0.5) is 5.69 Å². The van der Waals surface area contributed by atoms with Gasteiger partial charge in [-0.1, -0.05) is 5.16 Å². The molecule has 5 saturated carbocycles. The largest absolute Gasteiger partial charge is 0.333 e. The van der Waals surface area contributed by atoms with E-state index in [4.69, 9.17) is 4.52 Å². The Bertz CT molecular complexity index is 846. The maximum Gasteiger partial charge on any atom is 0.270 e. The van der Waals surface area contributed by atoms with Gasteiger partial charge < -0.3 is 9.84 Å². The summed E-state index contributed by atoms with van der Waals surface area (Å²) in [5.41, 5.74) is 1.08. The Kier molecular flexibility index (Phi) is 3.56. The molecular weight excluding hydrogens is 358 g/mol. The lowest BCUT2D eigenvalue weighted by Gasteiger charge is -2.56. The molecule has 27 heavy (non-hydrogen) atoms. The van der Waals surface area contributed by atoms with Crippen molar-refractivity contribution >= 4 is 22.9 Å². The number of amides is 1. The van der Waals surface area contributed by atoms with Gasteiger partial charge in [0.15, 0.2) is 5.82 Å². The Labute approximate surface area is 162 Å². The number of nitrogens with one attached hydrogen (secondary N) is 1. The fraction of sp³-hybridized carbons (Fsp3) is 0.667. The molecule has 142 valence electrons. The predicted octanol–water partition coefficient (Wildman–Crippen LogP) is 5.22. The van der Waals surface area contributed by atoms with E-state index in [2.05, 4.69) is 15.5 Å². The van der Waals surface area contributed by atoms with Crippen LogP contribution in [-0.2, 0) is 4.79 Å². The smallest absolute Gasteiger partial charge is 0.270 e. The molecule has 0 atom stereocenters. The number of hydrogen-bond donors (Lipinski definition) is 1. The highest BCUT2D eigenvalue weighted by molar-refractivity contribution is 7.14. The van der Waals surface area contributed by atoms with Gasteiger partial charge in [0.25, 0.3) is 5.89 Å². The fourth-order valence-electron chi connectivity index (χ4n) is 6.45. The molecule has 0 aromatic carbocycles. The van der Waals surface area contributed by atoms with Gasteiger partial charge in [0.05, 0.1) is 5.69 Å². The first-order valence-corrected chi connectivity index (χ1v) is 11.3. The van der Waals surface area contributed by atoms with Crippen molar-refractivity contribution in [2.45, 2.75) is 63.7 Å². The summed E-state index contributed by atoms with van der Waals surface area (Å²) in [6.45, 7) is 0. The first kappa shape index (κ1) is 16.3. The van der Waals surface area contributed by atoms with Crippen LogP contribution in [0.2, 0.25) is 0 Å². The molecule has 1 amide bonds. The molecule has 0 radical (unpaired) electrons. The van der Waals surface area contributed by atoms with Gasteiger partial charge >= 0.3 is 0 Å². The number of anilines is 1. The van der Waals surface area contributed by atoms with Crippen molar-refractivity contribution in [1.29, 1.82) is 0 Å². The third-order valence-electron chi connectivity index (χ3n) is 7.22. The zero-order valence-corrected chi connectivity index (χ0v) is 16.3. The second-order valence-corrected chi connectivity index (χ2v) is 10.5. The van der Waals surface area contributed by atoms with Crippen LogP contribution in [0.1, 0.15) is 69.5 Å². The van der Waals surface area contributed by atoms with E-state index < -0.39 is 0 Å². The molecule has 0 saturated heterocycles. The van der Waals surface area contributed by atoms with E-state index in [1.165, 1.54) is 38.5 Å². The number of rotatable bonds is 5. The van der Waals surface area contributed by atoms with Crippen LogP contribution >= 0.6 is 11.3 Å². The minimum Gasteiger partial charge on any atom is -0.333 e. The molecule has 5 aliphatic carbocycles. The number of carbonyl (C=O) groups excluding carboxylic acids is 1. The summed E-state index contributed by atoms with van der Waals surface area (Å²) in [6, 6.07) is 1.96. The van der Waals surface area contributed by atoms with Gasteiger partial charge in [0.1, 0.15) is 4.88 Å². The minimum atomic E-state index is 0.151. The molecule has 2 aromatic rings. The molecular formula is C21H25N3O2S. The highest BCUT2D eigenvalue weighted by Crippen LogP contribution is 2.61. The van der Waals surface area contributed by atoms with Crippen molar-refractivity contribution in [3.05, 3.63) is 17.3 Å². The van der Waals surface area contributed by atoms with Crippen LogP contribution in [0.15, 0.2) is 16.0 Å². The van der Waals surface area contributed by atoms with Crippen molar-refractivity contribution in [3.8, 4) is 10.8 Å². The summed E-state index contributed by atoms with van der Waals surface area (Å²) in [5, 5.41) is 9.25. The molecule has 0 aliphatic heterocycles. The van der Waals surface area contributed by atoms with E-state index in [0.29, 0.717) is 18.2 Å². The Morgan fingerprint density at radius 2 is 1.89 bits per heavy atom. The van der Waals surface area contributed by atoms with Gasteiger partial charge in [0.2, 0.25) is 5.91 Å². The summed E-state index contributed by atoms with van der Waals surface area (Å²) in [4.78, 5) is 18.4. The zero-order valence-electron chi connectivity index (χ0n) is 15.4.